The third-order valence-electron chi connectivity index (χ3n) is 5.11. The van der Waals surface area contributed by atoms with Crippen molar-refractivity contribution in [3.8, 4) is 11.1 Å². The number of fused-ring (bicyclic) bond motifs is 1. The normalized spacial score (nSPS) is 18.0. The Morgan fingerprint density at radius 2 is 2.00 bits per heavy atom. The molecule has 0 N–H and O–H groups in total. The van der Waals surface area contributed by atoms with E-state index in [0.717, 1.165) is 23.6 Å². The van der Waals surface area contributed by atoms with E-state index in [0.29, 0.717) is 11.3 Å². The summed E-state index contributed by atoms with van der Waals surface area (Å²) in [6, 6.07) is 11.1. The monoisotopic (exact) mass is 371 g/mol. The predicted octanol–water partition coefficient (Wildman–Crippen LogP) is 6.09. The molecule has 0 aliphatic carbocycles. The van der Waals surface area contributed by atoms with Gasteiger partial charge in [0, 0.05) is 23.0 Å². The number of hydrogen-bond donors (Lipinski definition) is 0. The van der Waals surface area contributed by atoms with Gasteiger partial charge in [0.25, 0.3) is 0 Å². The average molecular weight is 372 g/mol. The Labute approximate surface area is 157 Å². The van der Waals surface area contributed by atoms with E-state index >= 15 is 0 Å². The van der Waals surface area contributed by atoms with Gasteiger partial charge in [0.1, 0.15) is 10.6 Å². The molecule has 3 aromatic rings. The van der Waals surface area contributed by atoms with Crippen molar-refractivity contribution in [2.75, 3.05) is 11.4 Å². The zero-order valence-electron chi connectivity index (χ0n) is 14.6. The minimum atomic E-state index is 0.351. The molecule has 1 aliphatic heterocycles. The van der Waals surface area contributed by atoms with E-state index in [1.165, 1.54) is 40.7 Å². The highest BCUT2D eigenvalue weighted by Crippen LogP contribution is 2.43. The lowest BCUT2D eigenvalue weighted by molar-refractivity contribution is 0.448. The van der Waals surface area contributed by atoms with Gasteiger partial charge in [-0.15, -0.1) is 11.3 Å². The third-order valence-corrected chi connectivity index (χ3v) is 6.28. The minimum Gasteiger partial charge on any atom is -0.353 e. The number of nitrogens with zero attached hydrogens (tertiary/aromatic N) is 3. The van der Waals surface area contributed by atoms with E-state index in [-0.39, 0.29) is 0 Å². The van der Waals surface area contributed by atoms with E-state index < -0.39 is 0 Å². The number of thiophene rings is 1. The molecule has 0 bridgehead atoms. The van der Waals surface area contributed by atoms with Crippen molar-refractivity contribution in [2.24, 2.45) is 0 Å². The summed E-state index contributed by atoms with van der Waals surface area (Å²) in [4.78, 5) is 14.0. The Kier molecular flexibility index (Phi) is 4.65. The summed E-state index contributed by atoms with van der Waals surface area (Å²) in [5.41, 5.74) is 2.48. The minimum absolute atomic E-state index is 0.351. The molecule has 1 aromatic carbocycles. The first-order chi connectivity index (χ1) is 12.2. The molecule has 2 aromatic heterocycles. The highest BCUT2D eigenvalue weighted by atomic mass is 35.5. The number of benzene rings is 1. The first-order valence-electron chi connectivity index (χ1n) is 8.97. The number of aryl methyl sites for hydroxylation is 1. The fourth-order valence-corrected chi connectivity index (χ4v) is 5.19. The van der Waals surface area contributed by atoms with Crippen molar-refractivity contribution in [1.82, 2.24) is 9.97 Å². The fraction of sp³-hybridized carbons (Fsp3) is 0.400. The van der Waals surface area contributed by atoms with Gasteiger partial charge >= 0.3 is 0 Å². The number of hydrogen-bond acceptors (Lipinski definition) is 4. The maximum absolute atomic E-state index is 6.30. The zero-order valence-corrected chi connectivity index (χ0v) is 16.2. The summed E-state index contributed by atoms with van der Waals surface area (Å²) in [7, 11) is 0. The van der Waals surface area contributed by atoms with Crippen LogP contribution in [-0.2, 0) is 0 Å². The molecule has 3 heterocycles. The zero-order chi connectivity index (χ0) is 17.4. The quantitative estimate of drug-likeness (QED) is 0.521. The van der Waals surface area contributed by atoms with Gasteiger partial charge in [0.15, 0.2) is 0 Å². The van der Waals surface area contributed by atoms with Gasteiger partial charge in [-0.2, -0.15) is 4.98 Å². The summed E-state index contributed by atoms with van der Waals surface area (Å²) in [5.74, 6) is 1.02. The first-order valence-corrected chi connectivity index (χ1v) is 10.2. The lowest BCUT2D eigenvalue weighted by Crippen LogP contribution is -2.39. The summed E-state index contributed by atoms with van der Waals surface area (Å²) in [5, 5.41) is 1.52. The summed E-state index contributed by atoms with van der Waals surface area (Å²) in [6.07, 6.45) is 4.87. The van der Waals surface area contributed by atoms with Gasteiger partial charge < -0.3 is 4.90 Å². The Bertz CT molecular complexity index is 891. The molecule has 1 atom stereocenters. The molecule has 5 heteroatoms. The molecule has 1 unspecified atom stereocenters. The van der Waals surface area contributed by atoms with Gasteiger partial charge in [0.05, 0.1) is 5.39 Å². The molecule has 130 valence electrons. The van der Waals surface area contributed by atoms with Crippen LogP contribution in [0.5, 0.6) is 0 Å². The summed E-state index contributed by atoms with van der Waals surface area (Å²) in [6.45, 7) is 5.48. The number of anilines is 1. The Morgan fingerprint density at radius 3 is 2.76 bits per heavy atom. The topological polar surface area (TPSA) is 29.0 Å². The van der Waals surface area contributed by atoms with Gasteiger partial charge in [-0.25, -0.2) is 4.98 Å². The summed E-state index contributed by atoms with van der Waals surface area (Å²) >= 11 is 8.01. The second-order valence-corrected chi connectivity index (χ2v) is 8.19. The SMILES string of the molecule is CCC1CCCCN1c1nc(Cl)nc2sc(C)c(-c3ccccc3)c12. The number of aromatic nitrogens is 2. The molecule has 0 saturated carbocycles. The third kappa shape index (κ3) is 3.02. The second-order valence-electron chi connectivity index (χ2n) is 6.65. The summed E-state index contributed by atoms with van der Waals surface area (Å²) < 4.78 is 0. The highest BCUT2D eigenvalue weighted by molar-refractivity contribution is 7.19. The second kappa shape index (κ2) is 6.93. The standard InChI is InChI=1S/C20H22ClN3S/c1-3-15-11-7-8-12-24(15)18-17-16(14-9-5-4-6-10-14)13(2)25-19(17)23-20(21)22-18/h4-6,9-10,15H,3,7-8,11-12H2,1-2H3. The molecule has 25 heavy (non-hydrogen) atoms. The van der Waals surface area contributed by atoms with Crippen molar-refractivity contribution in [3.63, 3.8) is 0 Å². The molecule has 4 rings (SSSR count). The van der Waals surface area contributed by atoms with Crippen LogP contribution in [0.1, 0.15) is 37.5 Å². The van der Waals surface area contributed by atoms with Crippen molar-refractivity contribution >= 4 is 39.0 Å². The van der Waals surface area contributed by atoms with Crippen LogP contribution in [0.25, 0.3) is 21.3 Å². The van der Waals surface area contributed by atoms with Crippen molar-refractivity contribution in [2.45, 2.75) is 45.6 Å². The van der Waals surface area contributed by atoms with Gasteiger partial charge in [0.2, 0.25) is 5.28 Å². The van der Waals surface area contributed by atoms with Gasteiger partial charge in [-0.3, -0.25) is 0 Å². The van der Waals surface area contributed by atoms with Crippen molar-refractivity contribution in [3.05, 3.63) is 40.5 Å². The lowest BCUT2D eigenvalue weighted by Gasteiger charge is -2.36. The van der Waals surface area contributed by atoms with Crippen LogP contribution in [0.15, 0.2) is 30.3 Å². The largest absolute Gasteiger partial charge is 0.353 e. The van der Waals surface area contributed by atoms with Crippen molar-refractivity contribution in [1.29, 1.82) is 0 Å². The molecule has 1 fully saturated rings. The van der Waals surface area contributed by atoms with E-state index in [1.54, 1.807) is 11.3 Å². The van der Waals surface area contributed by atoms with E-state index in [4.69, 9.17) is 16.6 Å². The van der Waals surface area contributed by atoms with Crippen LogP contribution in [0.4, 0.5) is 5.82 Å². The molecule has 1 saturated heterocycles. The molecular formula is C20H22ClN3S. The Morgan fingerprint density at radius 1 is 1.20 bits per heavy atom. The van der Waals surface area contributed by atoms with Crippen molar-refractivity contribution < 1.29 is 0 Å². The Balaban J connectivity index is 1.97. The van der Waals surface area contributed by atoms with E-state index in [2.05, 4.69) is 54.1 Å². The van der Waals surface area contributed by atoms with Crippen LogP contribution >= 0.6 is 22.9 Å². The number of piperidine rings is 1. The van der Waals surface area contributed by atoms with Gasteiger partial charge in [-0.05, 0) is 49.8 Å². The predicted molar refractivity (Wildman–Crippen MR) is 108 cm³/mol. The maximum Gasteiger partial charge on any atom is 0.225 e. The number of halogens is 1. The van der Waals surface area contributed by atoms with Crippen LogP contribution in [0, 0.1) is 6.92 Å². The lowest BCUT2D eigenvalue weighted by atomic mass is 9.98. The van der Waals surface area contributed by atoms with Crippen LogP contribution in [0.3, 0.4) is 0 Å². The maximum atomic E-state index is 6.30. The van der Waals surface area contributed by atoms with Crippen LogP contribution in [0.2, 0.25) is 5.28 Å². The Hall–Kier alpha value is -1.65. The van der Waals surface area contributed by atoms with E-state index in [9.17, 15) is 0 Å². The molecule has 0 spiro atoms. The molecule has 0 amide bonds. The highest BCUT2D eigenvalue weighted by Gasteiger charge is 2.27. The molecule has 3 nitrogen and oxygen atoms in total. The fourth-order valence-electron chi connectivity index (χ4n) is 3.93. The average Bonchev–Trinajstić information content (AvgIpc) is 2.97. The molecule has 1 aliphatic rings. The van der Waals surface area contributed by atoms with Crippen LogP contribution < -0.4 is 4.90 Å². The smallest absolute Gasteiger partial charge is 0.225 e. The van der Waals surface area contributed by atoms with Crippen LogP contribution in [-0.4, -0.2) is 22.6 Å². The van der Waals surface area contributed by atoms with Gasteiger partial charge in [-0.1, -0.05) is 37.3 Å². The first kappa shape index (κ1) is 16.8. The van der Waals surface area contributed by atoms with E-state index in [1.807, 2.05) is 0 Å². The molecule has 0 radical (unpaired) electrons. The number of rotatable bonds is 3. The molecular weight excluding hydrogens is 350 g/mol.